The highest BCUT2D eigenvalue weighted by Crippen LogP contribution is 2.22. The van der Waals surface area contributed by atoms with Crippen molar-refractivity contribution in [2.24, 2.45) is 0 Å². The number of alkyl halides is 1. The van der Waals surface area contributed by atoms with Crippen LogP contribution in [0.3, 0.4) is 0 Å². The highest BCUT2D eigenvalue weighted by atomic mass is 35.5. The van der Waals surface area contributed by atoms with E-state index in [1.807, 2.05) is 12.1 Å². The number of ether oxygens (including phenoxy) is 1. The molecule has 1 amide bonds. The molecule has 1 atom stereocenters. The van der Waals surface area contributed by atoms with Crippen molar-refractivity contribution in [3.63, 3.8) is 0 Å². The topological polar surface area (TPSA) is 42.4 Å². The Kier molecular flexibility index (Phi) is 3.29. The lowest BCUT2D eigenvalue weighted by atomic mass is 10.2. The number of aromatic nitrogens is 1. The zero-order valence-electron chi connectivity index (χ0n) is 9.02. The lowest BCUT2D eigenvalue weighted by Crippen LogP contribution is -2.25. The summed E-state index contributed by atoms with van der Waals surface area (Å²) < 4.78 is 5.14. The fraction of sp³-hybridized carbons (Fsp3) is 0.455. The highest BCUT2D eigenvalue weighted by Gasteiger charge is 2.28. The SMILES string of the molecule is COc1ncccc1CN1CC(Cl)CC1=O. The Morgan fingerprint density at radius 3 is 3.12 bits per heavy atom. The minimum atomic E-state index is -0.0739. The summed E-state index contributed by atoms with van der Waals surface area (Å²) in [5.74, 6) is 0.652. The second-order valence-corrected chi connectivity index (χ2v) is 4.36. The number of amides is 1. The lowest BCUT2D eigenvalue weighted by Gasteiger charge is -2.16. The Morgan fingerprint density at radius 1 is 1.69 bits per heavy atom. The Hall–Kier alpha value is -1.29. The van der Waals surface area contributed by atoms with Crippen LogP contribution in [-0.2, 0) is 11.3 Å². The summed E-state index contributed by atoms with van der Waals surface area (Å²) in [6.07, 6.45) is 2.09. The molecule has 1 aromatic rings. The molecule has 16 heavy (non-hydrogen) atoms. The zero-order chi connectivity index (χ0) is 11.5. The quantitative estimate of drug-likeness (QED) is 0.751. The van der Waals surface area contributed by atoms with Crippen LogP contribution in [-0.4, -0.2) is 34.8 Å². The number of pyridine rings is 1. The molecular weight excluding hydrogens is 228 g/mol. The third-order valence-electron chi connectivity index (χ3n) is 2.57. The molecule has 0 aliphatic carbocycles. The molecule has 1 aliphatic heterocycles. The normalized spacial score (nSPS) is 20.2. The maximum Gasteiger partial charge on any atom is 0.224 e. The molecule has 0 radical (unpaired) electrons. The summed E-state index contributed by atoms with van der Waals surface area (Å²) in [7, 11) is 1.57. The third kappa shape index (κ3) is 2.27. The van der Waals surface area contributed by atoms with Gasteiger partial charge in [0.15, 0.2) is 0 Å². The largest absolute Gasteiger partial charge is 0.481 e. The number of methoxy groups -OCH3 is 1. The van der Waals surface area contributed by atoms with Crippen LogP contribution in [0.4, 0.5) is 0 Å². The van der Waals surface area contributed by atoms with Crippen LogP contribution in [0.2, 0.25) is 0 Å². The fourth-order valence-electron chi connectivity index (χ4n) is 1.81. The average Bonchev–Trinajstić information content (AvgIpc) is 2.58. The summed E-state index contributed by atoms with van der Waals surface area (Å²) in [6, 6.07) is 3.73. The van der Waals surface area contributed by atoms with Gasteiger partial charge in [0.25, 0.3) is 0 Å². The monoisotopic (exact) mass is 240 g/mol. The van der Waals surface area contributed by atoms with E-state index < -0.39 is 0 Å². The van der Waals surface area contributed by atoms with E-state index in [9.17, 15) is 4.79 Å². The first-order valence-corrected chi connectivity index (χ1v) is 5.54. The van der Waals surface area contributed by atoms with Gasteiger partial charge in [-0.15, -0.1) is 11.6 Å². The van der Waals surface area contributed by atoms with Crippen molar-refractivity contribution in [3.8, 4) is 5.88 Å². The third-order valence-corrected chi connectivity index (χ3v) is 2.86. The van der Waals surface area contributed by atoms with Gasteiger partial charge < -0.3 is 9.64 Å². The van der Waals surface area contributed by atoms with E-state index in [4.69, 9.17) is 16.3 Å². The van der Waals surface area contributed by atoms with Crippen LogP contribution in [0.5, 0.6) is 5.88 Å². The lowest BCUT2D eigenvalue weighted by molar-refractivity contribution is -0.128. The molecule has 4 nitrogen and oxygen atoms in total. The minimum Gasteiger partial charge on any atom is -0.481 e. The molecule has 1 aromatic heterocycles. The van der Waals surface area contributed by atoms with E-state index >= 15 is 0 Å². The zero-order valence-corrected chi connectivity index (χ0v) is 9.78. The predicted octanol–water partition coefficient (Wildman–Crippen LogP) is 1.43. The predicted molar refractivity (Wildman–Crippen MR) is 60.5 cm³/mol. The van der Waals surface area contributed by atoms with E-state index in [2.05, 4.69) is 4.98 Å². The Morgan fingerprint density at radius 2 is 2.50 bits per heavy atom. The summed E-state index contributed by atoms with van der Waals surface area (Å²) in [6.45, 7) is 1.11. The van der Waals surface area contributed by atoms with Gasteiger partial charge in [0.2, 0.25) is 11.8 Å². The van der Waals surface area contributed by atoms with E-state index in [-0.39, 0.29) is 11.3 Å². The smallest absolute Gasteiger partial charge is 0.224 e. The van der Waals surface area contributed by atoms with Gasteiger partial charge in [-0.25, -0.2) is 4.98 Å². The Bertz CT molecular complexity index is 397. The first-order valence-electron chi connectivity index (χ1n) is 5.10. The molecule has 0 spiro atoms. The van der Waals surface area contributed by atoms with Gasteiger partial charge >= 0.3 is 0 Å². The number of likely N-dealkylation sites (tertiary alicyclic amines) is 1. The molecule has 5 heteroatoms. The second-order valence-electron chi connectivity index (χ2n) is 3.75. The molecule has 1 unspecified atom stereocenters. The summed E-state index contributed by atoms with van der Waals surface area (Å²) in [5, 5.41) is -0.0739. The standard InChI is InChI=1S/C11H13ClN2O2/c1-16-11-8(3-2-4-13-11)6-14-7-9(12)5-10(14)15/h2-4,9H,5-7H2,1H3. The summed E-state index contributed by atoms with van der Waals surface area (Å²) >= 11 is 5.93. The molecule has 1 saturated heterocycles. The number of carbonyl (C=O) groups excluding carboxylic acids is 1. The second kappa shape index (κ2) is 4.70. The fourth-order valence-corrected chi connectivity index (χ4v) is 2.11. The number of hydrogen-bond donors (Lipinski definition) is 0. The van der Waals surface area contributed by atoms with Gasteiger partial charge in [0.05, 0.1) is 19.0 Å². The molecule has 0 aromatic carbocycles. The van der Waals surface area contributed by atoms with Gasteiger partial charge in [-0.1, -0.05) is 6.07 Å². The molecule has 2 heterocycles. The van der Waals surface area contributed by atoms with Crippen LogP contribution in [0.1, 0.15) is 12.0 Å². The average molecular weight is 241 g/mol. The van der Waals surface area contributed by atoms with Crippen molar-refractivity contribution in [2.75, 3.05) is 13.7 Å². The number of carbonyl (C=O) groups is 1. The molecule has 0 saturated carbocycles. The number of nitrogens with zero attached hydrogens (tertiary/aromatic N) is 2. The van der Waals surface area contributed by atoms with E-state index in [0.717, 1.165) is 5.56 Å². The summed E-state index contributed by atoms with van der Waals surface area (Å²) in [4.78, 5) is 17.4. The Labute approximate surface area is 99.2 Å². The maximum atomic E-state index is 11.6. The van der Waals surface area contributed by atoms with Crippen molar-refractivity contribution in [2.45, 2.75) is 18.3 Å². The van der Waals surface area contributed by atoms with Crippen LogP contribution in [0.15, 0.2) is 18.3 Å². The first-order chi connectivity index (χ1) is 7.70. The van der Waals surface area contributed by atoms with Gasteiger partial charge in [0, 0.05) is 24.7 Å². The number of hydrogen-bond acceptors (Lipinski definition) is 3. The van der Waals surface area contributed by atoms with Gasteiger partial charge in [-0.05, 0) is 6.07 Å². The molecule has 86 valence electrons. The van der Waals surface area contributed by atoms with Crippen molar-refractivity contribution >= 4 is 17.5 Å². The molecular formula is C11H13ClN2O2. The van der Waals surface area contributed by atoms with Crippen molar-refractivity contribution in [3.05, 3.63) is 23.9 Å². The number of rotatable bonds is 3. The minimum absolute atomic E-state index is 0.0739. The van der Waals surface area contributed by atoms with Crippen LogP contribution < -0.4 is 4.74 Å². The molecule has 0 bridgehead atoms. The van der Waals surface area contributed by atoms with Crippen LogP contribution in [0, 0.1) is 0 Å². The maximum absolute atomic E-state index is 11.6. The van der Waals surface area contributed by atoms with E-state index in [1.54, 1.807) is 18.2 Å². The van der Waals surface area contributed by atoms with E-state index in [0.29, 0.717) is 25.4 Å². The number of halogens is 1. The molecule has 1 fully saturated rings. The summed E-state index contributed by atoms with van der Waals surface area (Å²) in [5.41, 5.74) is 0.907. The Balaban J connectivity index is 2.12. The van der Waals surface area contributed by atoms with Gasteiger partial charge in [-0.2, -0.15) is 0 Å². The van der Waals surface area contributed by atoms with Gasteiger partial charge in [0.1, 0.15) is 0 Å². The highest BCUT2D eigenvalue weighted by molar-refractivity contribution is 6.22. The van der Waals surface area contributed by atoms with Crippen molar-refractivity contribution < 1.29 is 9.53 Å². The van der Waals surface area contributed by atoms with Gasteiger partial charge in [-0.3, -0.25) is 4.79 Å². The molecule has 1 aliphatic rings. The molecule has 2 rings (SSSR count). The molecule has 0 N–H and O–H groups in total. The van der Waals surface area contributed by atoms with E-state index in [1.165, 1.54) is 0 Å². The van der Waals surface area contributed by atoms with Crippen LogP contribution >= 0.6 is 11.6 Å². The van der Waals surface area contributed by atoms with Crippen molar-refractivity contribution in [1.82, 2.24) is 9.88 Å². The van der Waals surface area contributed by atoms with Crippen LogP contribution in [0.25, 0.3) is 0 Å². The van der Waals surface area contributed by atoms with Crippen molar-refractivity contribution in [1.29, 1.82) is 0 Å². The first kappa shape index (κ1) is 11.2.